The van der Waals surface area contributed by atoms with Crippen LogP contribution >= 0.6 is 0 Å². The molecule has 1 fully saturated rings. The van der Waals surface area contributed by atoms with Crippen LogP contribution in [-0.2, 0) is 19.3 Å². The Hall–Kier alpha value is -3.23. The summed E-state index contributed by atoms with van der Waals surface area (Å²) >= 11 is -0.593. The molecule has 1 aliphatic heterocycles. The van der Waals surface area contributed by atoms with Crippen molar-refractivity contribution in [1.82, 2.24) is 4.98 Å². The Bertz CT molecular complexity index is 1600. The second-order valence-electron chi connectivity index (χ2n) is 12.5. The van der Waals surface area contributed by atoms with E-state index in [1.807, 2.05) is 0 Å². The third-order valence-corrected chi connectivity index (χ3v) is 10.4. The second-order valence-corrected chi connectivity index (χ2v) is 14.5. The van der Waals surface area contributed by atoms with E-state index in [0.29, 0.717) is 34.6 Å². The third kappa shape index (κ3) is 6.22. The Morgan fingerprint density at radius 2 is 1.16 bits per heavy atom. The Kier molecular flexibility index (Phi) is 9.57. The van der Waals surface area contributed by atoms with Crippen molar-refractivity contribution >= 4 is 26.2 Å². The molecule has 0 N–H and O–H groups in total. The molecule has 5 rings (SSSR count). The first kappa shape index (κ1) is 31.2. The number of pyridine rings is 1. The third-order valence-electron chi connectivity index (χ3n) is 8.17. The quantitative estimate of drug-likeness (QED) is 0.145. The molecule has 0 amide bonds. The molecule has 1 aromatic heterocycles. The molecule has 3 aromatic carbocycles. The van der Waals surface area contributed by atoms with E-state index in [1.54, 1.807) is 24.4 Å². The molecule has 1 aliphatic rings. The Labute approximate surface area is 266 Å². The predicted molar refractivity (Wildman–Crippen MR) is 178 cm³/mol. The molecule has 0 radical (unpaired) electrons. The molecule has 0 unspecified atom stereocenters. The van der Waals surface area contributed by atoms with Crippen LogP contribution < -0.4 is 9.80 Å². The first-order valence-corrected chi connectivity index (χ1v) is 17.5. The molecule has 0 saturated carbocycles. The zero-order valence-electron chi connectivity index (χ0n) is 26.6. The molecule has 0 spiro atoms. The van der Waals surface area contributed by atoms with Gasteiger partial charge in [-0.1, -0.05) is 0 Å². The van der Waals surface area contributed by atoms with Gasteiger partial charge in [-0.05, 0) is 0 Å². The van der Waals surface area contributed by atoms with Crippen LogP contribution in [0.2, 0.25) is 0 Å². The summed E-state index contributed by atoms with van der Waals surface area (Å²) in [6.45, 7) is 20.2. The van der Waals surface area contributed by atoms with Crippen LogP contribution in [0.1, 0.15) is 107 Å². The fraction of sp³-hybridized carbons (Fsp3) is 0.368. The Morgan fingerprint density at radius 3 is 1.63 bits per heavy atom. The molecule has 0 bridgehead atoms. The van der Waals surface area contributed by atoms with Gasteiger partial charge in [0, 0.05) is 0 Å². The molecular weight excluding hydrogens is 714 g/mol. The van der Waals surface area contributed by atoms with Crippen LogP contribution in [0.4, 0.5) is 15.8 Å². The first-order valence-electron chi connectivity index (χ1n) is 15.4. The molecule has 43 heavy (non-hydrogen) atoms. The number of para-hydroxylation sites is 2. The maximum absolute atomic E-state index is 14.5. The molecule has 0 atom stereocenters. The molecule has 1 saturated heterocycles. The number of aromatic nitrogens is 1. The summed E-state index contributed by atoms with van der Waals surface area (Å²) in [5, 5.41) is 0.516. The number of hydrogen-bond acceptors (Lipinski definition) is 3. The van der Waals surface area contributed by atoms with Crippen molar-refractivity contribution in [2.45, 2.75) is 79.1 Å². The minimum absolute atomic E-state index is 0.261. The van der Waals surface area contributed by atoms with Gasteiger partial charge >= 0.3 is 267 Å². The van der Waals surface area contributed by atoms with Gasteiger partial charge < -0.3 is 0 Å². The van der Waals surface area contributed by atoms with Crippen molar-refractivity contribution in [2.24, 2.45) is 0 Å². The SMILES string of the molecule is CC(C)c1cccc(C(C)C)c1N1CCN(c2c(C(C)C)cccc2C(C)C)[C]1=[Au][C]#Cc1ccc(F)c2cccnc12. The van der Waals surface area contributed by atoms with Crippen LogP contribution in [0.3, 0.4) is 0 Å². The first-order chi connectivity index (χ1) is 20.6. The molecule has 4 aromatic rings. The topological polar surface area (TPSA) is 19.4 Å². The predicted octanol–water partition coefficient (Wildman–Crippen LogP) is 9.37. The van der Waals surface area contributed by atoms with Crippen molar-refractivity contribution in [3.8, 4) is 10.1 Å². The van der Waals surface area contributed by atoms with E-state index in [4.69, 9.17) is 0 Å². The summed E-state index contributed by atoms with van der Waals surface area (Å²) in [6.07, 6.45) is 1.71. The van der Waals surface area contributed by atoms with E-state index in [2.05, 4.69) is 117 Å². The second kappa shape index (κ2) is 13.2. The molecule has 5 heteroatoms. The summed E-state index contributed by atoms with van der Waals surface area (Å²) in [4.78, 5) is 9.66. The van der Waals surface area contributed by atoms with Crippen molar-refractivity contribution in [3.05, 3.63) is 100 Å². The van der Waals surface area contributed by atoms with Crippen LogP contribution in [0, 0.1) is 15.9 Å². The molecule has 2 heterocycles. The summed E-state index contributed by atoms with van der Waals surface area (Å²) in [5.41, 5.74) is 9.65. The van der Waals surface area contributed by atoms with Gasteiger partial charge in [0.2, 0.25) is 0 Å². The van der Waals surface area contributed by atoms with Gasteiger partial charge in [-0.15, -0.1) is 0 Å². The molecule has 3 nitrogen and oxygen atoms in total. The molecular formula is C38H43AuFN3. The summed E-state index contributed by atoms with van der Waals surface area (Å²) in [7, 11) is 0. The standard InChI is InChI=1S/C27H38N2.C11H5FN.Au/c1-18(2)22-11-9-12-23(19(3)4)26(22)28-15-16-29(17-28)27-24(20(5)6)13-10-14-25(27)21(7)8;1-2-8-5-6-10(12)9-4-3-7-13-11(8)9;/h9-14,18-21H,15-16H2,1-8H3;3-7H;. The Morgan fingerprint density at radius 1 is 0.674 bits per heavy atom. The van der Waals surface area contributed by atoms with Crippen molar-refractivity contribution < 1.29 is 23.7 Å². The fourth-order valence-electron chi connectivity index (χ4n) is 5.96. The van der Waals surface area contributed by atoms with Gasteiger partial charge in [0.15, 0.2) is 0 Å². The van der Waals surface area contributed by atoms with Crippen molar-refractivity contribution in [2.75, 3.05) is 22.9 Å². The van der Waals surface area contributed by atoms with E-state index in [9.17, 15) is 4.39 Å². The van der Waals surface area contributed by atoms with Gasteiger partial charge in [-0.3, -0.25) is 0 Å². The Balaban J connectivity index is 1.74. The van der Waals surface area contributed by atoms with E-state index < -0.39 is 19.3 Å². The van der Waals surface area contributed by atoms with Crippen LogP contribution in [0.25, 0.3) is 10.9 Å². The van der Waals surface area contributed by atoms with Gasteiger partial charge in [0.05, 0.1) is 0 Å². The fourth-order valence-corrected chi connectivity index (χ4v) is 8.19. The number of hydrogen-bond donors (Lipinski definition) is 0. The number of anilines is 2. The van der Waals surface area contributed by atoms with Crippen LogP contribution in [0.15, 0.2) is 66.9 Å². The van der Waals surface area contributed by atoms with Gasteiger partial charge in [0.25, 0.3) is 0 Å². The number of fused-ring (bicyclic) bond motifs is 1. The van der Waals surface area contributed by atoms with Gasteiger partial charge in [0.1, 0.15) is 0 Å². The average molecular weight is 758 g/mol. The number of benzene rings is 3. The van der Waals surface area contributed by atoms with E-state index in [1.165, 1.54) is 43.7 Å². The zero-order valence-corrected chi connectivity index (χ0v) is 28.8. The molecule has 228 valence electrons. The van der Waals surface area contributed by atoms with E-state index >= 15 is 0 Å². The van der Waals surface area contributed by atoms with E-state index in [0.717, 1.165) is 18.7 Å². The molecule has 0 aliphatic carbocycles. The van der Waals surface area contributed by atoms with Gasteiger partial charge in [-0.25, -0.2) is 0 Å². The number of nitrogens with zero attached hydrogens (tertiary/aromatic N) is 3. The summed E-state index contributed by atoms with van der Waals surface area (Å²) in [5.74, 6) is 4.77. The minimum atomic E-state index is -0.593. The van der Waals surface area contributed by atoms with Crippen LogP contribution in [-0.4, -0.2) is 22.0 Å². The average Bonchev–Trinajstić information content (AvgIpc) is 3.40. The van der Waals surface area contributed by atoms with Crippen molar-refractivity contribution in [1.29, 1.82) is 0 Å². The normalized spacial score (nSPS) is 13.7. The number of halogens is 1. The van der Waals surface area contributed by atoms with Crippen LogP contribution in [0.5, 0.6) is 0 Å². The maximum atomic E-state index is 14.5. The van der Waals surface area contributed by atoms with E-state index in [-0.39, 0.29) is 5.82 Å². The summed E-state index contributed by atoms with van der Waals surface area (Å²) < 4.78 is 19.4. The zero-order chi connectivity index (χ0) is 30.8. The number of rotatable bonds is 6. The van der Waals surface area contributed by atoms with Gasteiger partial charge in [-0.2, -0.15) is 0 Å². The monoisotopic (exact) mass is 757 g/mol. The van der Waals surface area contributed by atoms with Crippen molar-refractivity contribution in [3.63, 3.8) is 0 Å². The summed E-state index contributed by atoms with van der Waals surface area (Å²) in [6, 6.07) is 20.4.